The minimum Gasteiger partial charge on any atom is -0.385 e. The first-order chi connectivity index (χ1) is 10.2. The van der Waals surface area contributed by atoms with E-state index in [0.29, 0.717) is 6.04 Å². The highest BCUT2D eigenvalue weighted by Crippen LogP contribution is 2.25. The van der Waals surface area contributed by atoms with Gasteiger partial charge in [0.05, 0.1) is 6.04 Å². The Balaban J connectivity index is 2.25. The van der Waals surface area contributed by atoms with Gasteiger partial charge in [-0.25, -0.2) is 0 Å². The molecule has 2 unspecified atom stereocenters. The summed E-state index contributed by atoms with van der Waals surface area (Å²) in [4.78, 5) is 0. The summed E-state index contributed by atoms with van der Waals surface area (Å²) in [5.74, 6) is 0. The van der Waals surface area contributed by atoms with Crippen LogP contribution in [0.15, 0.2) is 54.6 Å². The quantitative estimate of drug-likeness (QED) is 0.826. The van der Waals surface area contributed by atoms with Gasteiger partial charge in [0.1, 0.15) is 0 Å². The van der Waals surface area contributed by atoms with E-state index in [2.05, 4.69) is 73.8 Å². The van der Waals surface area contributed by atoms with Crippen molar-refractivity contribution in [1.82, 2.24) is 5.32 Å². The molecule has 2 rings (SSSR count). The van der Waals surface area contributed by atoms with Crippen molar-refractivity contribution in [3.63, 3.8) is 0 Å². The van der Waals surface area contributed by atoms with E-state index in [1.165, 1.54) is 16.7 Å². The van der Waals surface area contributed by atoms with Gasteiger partial charge < -0.3 is 10.1 Å². The van der Waals surface area contributed by atoms with Crippen LogP contribution < -0.4 is 5.32 Å². The molecule has 0 fully saturated rings. The summed E-state index contributed by atoms with van der Waals surface area (Å²) >= 11 is 0. The van der Waals surface area contributed by atoms with Gasteiger partial charge in [0, 0.05) is 19.8 Å². The predicted octanol–water partition coefficient (Wildman–Crippen LogP) is 4.10. The third-order valence-electron chi connectivity index (χ3n) is 3.84. The molecule has 0 heterocycles. The largest absolute Gasteiger partial charge is 0.385 e. The molecular formula is C19H25NO. The Morgan fingerprint density at radius 1 is 1.00 bits per heavy atom. The highest BCUT2D eigenvalue weighted by molar-refractivity contribution is 5.36. The van der Waals surface area contributed by atoms with Crippen LogP contribution in [0.2, 0.25) is 0 Å². The van der Waals surface area contributed by atoms with E-state index in [-0.39, 0.29) is 6.04 Å². The van der Waals surface area contributed by atoms with Gasteiger partial charge in [-0.2, -0.15) is 0 Å². The molecule has 0 saturated carbocycles. The lowest BCUT2D eigenvalue weighted by Gasteiger charge is -2.25. The Morgan fingerprint density at radius 3 is 2.33 bits per heavy atom. The molecule has 0 amide bonds. The number of hydrogen-bond donors (Lipinski definition) is 1. The van der Waals surface area contributed by atoms with Crippen molar-refractivity contribution in [2.24, 2.45) is 0 Å². The highest BCUT2D eigenvalue weighted by atomic mass is 16.5. The molecule has 0 aliphatic rings. The molecule has 1 N–H and O–H groups in total. The molecule has 2 heteroatoms. The number of rotatable bonds is 7. The smallest absolute Gasteiger partial charge is 0.0581 e. The van der Waals surface area contributed by atoms with Gasteiger partial charge in [-0.05, 0) is 37.0 Å². The lowest BCUT2D eigenvalue weighted by Crippen LogP contribution is -2.32. The molecule has 0 saturated heterocycles. The Morgan fingerprint density at radius 2 is 1.67 bits per heavy atom. The molecule has 112 valence electrons. The molecule has 0 aliphatic carbocycles. The SMILES string of the molecule is COCCC(C)NC(c1ccccc1)c1ccccc1C. The van der Waals surface area contributed by atoms with Crippen molar-refractivity contribution in [2.75, 3.05) is 13.7 Å². The number of aryl methyl sites for hydroxylation is 1. The fourth-order valence-corrected chi connectivity index (χ4v) is 2.58. The van der Waals surface area contributed by atoms with Gasteiger partial charge in [-0.1, -0.05) is 54.6 Å². The number of nitrogens with one attached hydrogen (secondary N) is 1. The Labute approximate surface area is 128 Å². The van der Waals surface area contributed by atoms with E-state index >= 15 is 0 Å². The average Bonchev–Trinajstić information content (AvgIpc) is 2.52. The van der Waals surface area contributed by atoms with Crippen LogP contribution in [0, 0.1) is 6.92 Å². The van der Waals surface area contributed by atoms with Gasteiger partial charge in [-0.15, -0.1) is 0 Å². The van der Waals surface area contributed by atoms with E-state index < -0.39 is 0 Å². The van der Waals surface area contributed by atoms with Crippen LogP contribution in [0.25, 0.3) is 0 Å². The third kappa shape index (κ3) is 4.42. The third-order valence-corrected chi connectivity index (χ3v) is 3.84. The summed E-state index contributed by atoms with van der Waals surface area (Å²) in [5, 5.41) is 3.75. The summed E-state index contributed by atoms with van der Waals surface area (Å²) in [5.41, 5.74) is 3.96. The zero-order chi connectivity index (χ0) is 15.1. The summed E-state index contributed by atoms with van der Waals surface area (Å²) in [6.07, 6.45) is 1.01. The van der Waals surface area contributed by atoms with Crippen LogP contribution in [0.1, 0.15) is 36.1 Å². The van der Waals surface area contributed by atoms with Crippen molar-refractivity contribution < 1.29 is 4.74 Å². The Hall–Kier alpha value is -1.64. The van der Waals surface area contributed by atoms with E-state index in [0.717, 1.165) is 13.0 Å². The first kappa shape index (κ1) is 15.7. The second-order valence-corrected chi connectivity index (χ2v) is 5.55. The van der Waals surface area contributed by atoms with E-state index in [1.54, 1.807) is 7.11 Å². The fraction of sp³-hybridized carbons (Fsp3) is 0.368. The molecule has 2 nitrogen and oxygen atoms in total. The Bertz CT molecular complexity index is 538. The maximum Gasteiger partial charge on any atom is 0.0581 e. The van der Waals surface area contributed by atoms with Gasteiger partial charge in [0.2, 0.25) is 0 Å². The summed E-state index contributed by atoms with van der Waals surface area (Å²) < 4.78 is 5.19. The summed E-state index contributed by atoms with van der Waals surface area (Å²) in [6, 6.07) is 19.8. The van der Waals surface area contributed by atoms with Crippen LogP contribution in [0.3, 0.4) is 0 Å². The number of hydrogen-bond acceptors (Lipinski definition) is 2. The highest BCUT2D eigenvalue weighted by Gasteiger charge is 2.17. The van der Waals surface area contributed by atoms with Crippen LogP contribution in [0.5, 0.6) is 0 Å². The van der Waals surface area contributed by atoms with Crippen molar-refractivity contribution >= 4 is 0 Å². The second-order valence-electron chi connectivity index (χ2n) is 5.55. The summed E-state index contributed by atoms with van der Waals surface area (Å²) in [6.45, 7) is 5.17. The van der Waals surface area contributed by atoms with Crippen LogP contribution >= 0.6 is 0 Å². The first-order valence-corrected chi connectivity index (χ1v) is 7.58. The maximum absolute atomic E-state index is 5.19. The molecular weight excluding hydrogens is 258 g/mol. The molecule has 0 bridgehead atoms. The second kappa shape index (κ2) is 7.96. The van der Waals surface area contributed by atoms with Gasteiger partial charge in [0.15, 0.2) is 0 Å². The molecule has 0 radical (unpaired) electrons. The van der Waals surface area contributed by atoms with E-state index in [9.17, 15) is 0 Å². The van der Waals surface area contributed by atoms with E-state index in [1.807, 2.05) is 0 Å². The van der Waals surface area contributed by atoms with E-state index in [4.69, 9.17) is 4.74 Å². The van der Waals surface area contributed by atoms with Crippen LogP contribution in [0.4, 0.5) is 0 Å². The fourth-order valence-electron chi connectivity index (χ4n) is 2.58. The lowest BCUT2D eigenvalue weighted by atomic mass is 9.94. The zero-order valence-corrected chi connectivity index (χ0v) is 13.2. The Kier molecular flexibility index (Phi) is 5.97. The first-order valence-electron chi connectivity index (χ1n) is 7.58. The molecule has 2 aromatic carbocycles. The molecule has 0 spiro atoms. The summed E-state index contributed by atoms with van der Waals surface area (Å²) in [7, 11) is 1.75. The molecule has 0 aliphatic heterocycles. The van der Waals surface area contributed by atoms with Crippen molar-refractivity contribution in [3.8, 4) is 0 Å². The topological polar surface area (TPSA) is 21.3 Å². The molecule has 2 aromatic rings. The number of ether oxygens (including phenoxy) is 1. The zero-order valence-electron chi connectivity index (χ0n) is 13.2. The molecule has 21 heavy (non-hydrogen) atoms. The van der Waals surface area contributed by atoms with Crippen molar-refractivity contribution in [2.45, 2.75) is 32.4 Å². The van der Waals surface area contributed by atoms with Gasteiger partial charge in [0.25, 0.3) is 0 Å². The minimum absolute atomic E-state index is 0.222. The predicted molar refractivity (Wildman–Crippen MR) is 88.6 cm³/mol. The standard InChI is InChI=1S/C19H25NO/c1-15-9-7-8-12-18(15)19(17-10-5-4-6-11-17)20-16(2)13-14-21-3/h4-12,16,19-20H,13-14H2,1-3H3. The van der Waals surface area contributed by atoms with Gasteiger partial charge in [-0.3, -0.25) is 0 Å². The average molecular weight is 283 g/mol. The molecule has 2 atom stereocenters. The number of benzene rings is 2. The van der Waals surface area contributed by atoms with Crippen molar-refractivity contribution in [1.29, 1.82) is 0 Å². The maximum atomic E-state index is 5.19. The normalized spacial score (nSPS) is 13.9. The minimum atomic E-state index is 0.222. The van der Waals surface area contributed by atoms with Crippen LogP contribution in [-0.4, -0.2) is 19.8 Å². The van der Waals surface area contributed by atoms with Crippen LogP contribution in [-0.2, 0) is 4.74 Å². The van der Waals surface area contributed by atoms with Crippen molar-refractivity contribution in [3.05, 3.63) is 71.3 Å². The van der Waals surface area contributed by atoms with Gasteiger partial charge >= 0.3 is 0 Å². The number of methoxy groups -OCH3 is 1. The molecule has 0 aromatic heterocycles. The lowest BCUT2D eigenvalue weighted by molar-refractivity contribution is 0.183. The monoisotopic (exact) mass is 283 g/mol.